The zero-order valence-electron chi connectivity index (χ0n) is 11.4. The van der Waals surface area contributed by atoms with E-state index in [0.29, 0.717) is 12.0 Å². The minimum Gasteiger partial charge on any atom is -0.389 e. The summed E-state index contributed by atoms with van der Waals surface area (Å²) in [5.41, 5.74) is 4.90. The molecule has 1 aliphatic rings. The largest absolute Gasteiger partial charge is 0.433 e. The summed E-state index contributed by atoms with van der Waals surface area (Å²) in [7, 11) is 1.62. The standard InChI is InChI=1S/C13H16F3N3OS/c1-20-8-3-2-7(6-8)18-12-9(11(17)21)4-5-10(19-12)13(14,15)16/h4-5,7-8H,2-3,6H2,1H3,(H2,17,21)(H,18,19). The minimum absolute atomic E-state index is 0.000895. The van der Waals surface area contributed by atoms with Gasteiger partial charge >= 0.3 is 6.18 Å². The van der Waals surface area contributed by atoms with E-state index in [4.69, 9.17) is 22.7 Å². The van der Waals surface area contributed by atoms with Crippen molar-refractivity contribution >= 4 is 23.0 Å². The molecule has 21 heavy (non-hydrogen) atoms. The van der Waals surface area contributed by atoms with E-state index in [1.165, 1.54) is 6.07 Å². The van der Waals surface area contributed by atoms with E-state index in [9.17, 15) is 13.2 Å². The third kappa shape index (κ3) is 3.82. The lowest BCUT2D eigenvalue weighted by atomic mass is 10.2. The molecule has 0 saturated heterocycles. The van der Waals surface area contributed by atoms with Gasteiger partial charge in [0.15, 0.2) is 0 Å². The zero-order valence-corrected chi connectivity index (χ0v) is 12.2. The van der Waals surface area contributed by atoms with Crippen LogP contribution in [0.2, 0.25) is 0 Å². The Balaban J connectivity index is 2.25. The molecule has 3 N–H and O–H groups in total. The second-order valence-electron chi connectivity index (χ2n) is 4.97. The quantitative estimate of drug-likeness (QED) is 0.836. The molecule has 2 rings (SSSR count). The smallest absolute Gasteiger partial charge is 0.389 e. The number of nitrogens with one attached hydrogen (secondary N) is 1. The summed E-state index contributed by atoms with van der Waals surface area (Å²) in [6.45, 7) is 0. The number of hydrogen-bond donors (Lipinski definition) is 2. The van der Waals surface area contributed by atoms with E-state index in [0.717, 1.165) is 18.9 Å². The van der Waals surface area contributed by atoms with Gasteiger partial charge in [0.25, 0.3) is 0 Å². The number of methoxy groups -OCH3 is 1. The number of pyridine rings is 1. The van der Waals surface area contributed by atoms with E-state index >= 15 is 0 Å². The number of thiocarbonyl (C=S) groups is 1. The van der Waals surface area contributed by atoms with Gasteiger partial charge in [-0.2, -0.15) is 13.2 Å². The van der Waals surface area contributed by atoms with Crippen LogP contribution in [0, 0.1) is 0 Å². The number of aromatic nitrogens is 1. The third-order valence-corrected chi connectivity index (χ3v) is 3.73. The maximum absolute atomic E-state index is 12.8. The highest BCUT2D eigenvalue weighted by molar-refractivity contribution is 7.80. The Hall–Kier alpha value is -1.41. The van der Waals surface area contributed by atoms with Crippen molar-refractivity contribution in [3.63, 3.8) is 0 Å². The lowest BCUT2D eigenvalue weighted by Gasteiger charge is -2.18. The topological polar surface area (TPSA) is 60.2 Å². The molecule has 2 unspecified atom stereocenters. The van der Waals surface area contributed by atoms with Crippen molar-refractivity contribution in [1.82, 2.24) is 4.98 Å². The fourth-order valence-electron chi connectivity index (χ4n) is 2.40. The van der Waals surface area contributed by atoms with Gasteiger partial charge in [-0.3, -0.25) is 0 Å². The molecule has 116 valence electrons. The first-order valence-corrected chi connectivity index (χ1v) is 6.89. The number of hydrogen-bond acceptors (Lipinski definition) is 4. The maximum Gasteiger partial charge on any atom is 0.433 e. The summed E-state index contributed by atoms with van der Waals surface area (Å²) < 4.78 is 43.5. The SMILES string of the molecule is COC1CCC(Nc2nc(C(F)(F)F)ccc2C(N)=S)C1. The first-order chi connectivity index (χ1) is 9.81. The van der Waals surface area contributed by atoms with Crippen LogP contribution < -0.4 is 11.1 Å². The van der Waals surface area contributed by atoms with Gasteiger partial charge in [0.1, 0.15) is 16.5 Å². The highest BCUT2D eigenvalue weighted by atomic mass is 32.1. The number of nitrogens with zero attached hydrogens (tertiary/aromatic N) is 1. The van der Waals surface area contributed by atoms with Gasteiger partial charge in [0.05, 0.1) is 11.7 Å². The van der Waals surface area contributed by atoms with Gasteiger partial charge < -0.3 is 15.8 Å². The molecular weight excluding hydrogens is 303 g/mol. The summed E-state index contributed by atoms with van der Waals surface area (Å²) in [5, 5.41) is 3.01. The Morgan fingerprint density at radius 1 is 1.43 bits per heavy atom. The number of alkyl halides is 3. The molecule has 0 aliphatic heterocycles. The van der Waals surface area contributed by atoms with Crippen molar-refractivity contribution in [2.45, 2.75) is 37.6 Å². The molecule has 1 heterocycles. The Bertz CT molecular complexity index is 536. The molecule has 0 aromatic carbocycles. The predicted octanol–water partition coefficient (Wildman–Crippen LogP) is 2.71. The van der Waals surface area contributed by atoms with Crippen LogP contribution in [0.3, 0.4) is 0 Å². The fraction of sp³-hybridized carbons (Fsp3) is 0.538. The lowest BCUT2D eigenvalue weighted by Crippen LogP contribution is -2.23. The highest BCUT2D eigenvalue weighted by Crippen LogP contribution is 2.31. The first-order valence-electron chi connectivity index (χ1n) is 6.48. The molecule has 1 aromatic rings. The van der Waals surface area contributed by atoms with Crippen LogP contribution in [-0.4, -0.2) is 29.2 Å². The minimum atomic E-state index is -4.50. The third-order valence-electron chi connectivity index (χ3n) is 3.51. The molecule has 4 nitrogen and oxygen atoms in total. The van der Waals surface area contributed by atoms with E-state index in [1.807, 2.05) is 0 Å². The van der Waals surface area contributed by atoms with Gasteiger partial charge in [0, 0.05) is 13.2 Å². The molecule has 1 fully saturated rings. The van der Waals surface area contributed by atoms with E-state index in [-0.39, 0.29) is 23.0 Å². The lowest BCUT2D eigenvalue weighted by molar-refractivity contribution is -0.141. The second kappa shape index (κ2) is 6.15. The van der Waals surface area contributed by atoms with E-state index in [2.05, 4.69) is 10.3 Å². The second-order valence-corrected chi connectivity index (χ2v) is 5.41. The molecule has 0 amide bonds. The monoisotopic (exact) mass is 319 g/mol. The molecule has 1 aliphatic carbocycles. The van der Waals surface area contributed by atoms with Gasteiger partial charge in [-0.1, -0.05) is 12.2 Å². The predicted molar refractivity (Wildman–Crippen MR) is 77.2 cm³/mol. The van der Waals surface area contributed by atoms with Crippen LogP contribution in [0.4, 0.5) is 19.0 Å². The van der Waals surface area contributed by atoms with Crippen molar-refractivity contribution in [2.24, 2.45) is 5.73 Å². The highest BCUT2D eigenvalue weighted by Gasteiger charge is 2.34. The molecule has 1 aromatic heterocycles. The molecule has 0 bridgehead atoms. The summed E-state index contributed by atoms with van der Waals surface area (Å²) in [6, 6.07) is 2.13. The normalized spacial score (nSPS) is 22.3. The molecule has 8 heteroatoms. The van der Waals surface area contributed by atoms with Crippen molar-refractivity contribution in [2.75, 3.05) is 12.4 Å². The van der Waals surface area contributed by atoms with Crippen LogP contribution in [-0.2, 0) is 10.9 Å². The van der Waals surface area contributed by atoms with E-state index < -0.39 is 11.9 Å². The van der Waals surface area contributed by atoms with Crippen LogP contribution in [0.5, 0.6) is 0 Å². The van der Waals surface area contributed by atoms with Gasteiger partial charge in [-0.15, -0.1) is 0 Å². The van der Waals surface area contributed by atoms with Crippen LogP contribution in [0.15, 0.2) is 12.1 Å². The Labute approximate surface area is 125 Å². The summed E-state index contributed by atoms with van der Waals surface area (Å²) in [5.74, 6) is 0.0825. The summed E-state index contributed by atoms with van der Waals surface area (Å²) in [4.78, 5) is 3.65. The Kier molecular flexibility index (Phi) is 4.67. The number of anilines is 1. The number of nitrogens with two attached hydrogens (primary N) is 1. The summed E-state index contributed by atoms with van der Waals surface area (Å²) in [6.07, 6.45) is -2.02. The Morgan fingerprint density at radius 2 is 2.14 bits per heavy atom. The van der Waals surface area contributed by atoms with Crippen molar-refractivity contribution in [1.29, 1.82) is 0 Å². The average molecular weight is 319 g/mol. The number of halogens is 3. The van der Waals surface area contributed by atoms with Crippen LogP contribution in [0.25, 0.3) is 0 Å². The van der Waals surface area contributed by atoms with Crippen molar-refractivity contribution in [3.8, 4) is 0 Å². The number of rotatable bonds is 4. The first kappa shape index (κ1) is 16.0. The van der Waals surface area contributed by atoms with Gasteiger partial charge in [0.2, 0.25) is 0 Å². The molecular formula is C13H16F3N3OS. The Morgan fingerprint density at radius 3 is 2.67 bits per heavy atom. The van der Waals surface area contributed by atoms with Gasteiger partial charge in [-0.25, -0.2) is 4.98 Å². The van der Waals surface area contributed by atoms with Crippen molar-refractivity contribution < 1.29 is 17.9 Å². The van der Waals surface area contributed by atoms with Crippen LogP contribution >= 0.6 is 12.2 Å². The molecule has 2 atom stereocenters. The molecule has 1 saturated carbocycles. The summed E-state index contributed by atoms with van der Waals surface area (Å²) >= 11 is 4.87. The number of ether oxygens (including phenoxy) is 1. The molecule has 0 radical (unpaired) electrons. The fourth-order valence-corrected chi connectivity index (χ4v) is 2.57. The average Bonchev–Trinajstić information content (AvgIpc) is 2.85. The maximum atomic E-state index is 12.8. The molecule has 0 spiro atoms. The van der Waals surface area contributed by atoms with Gasteiger partial charge in [-0.05, 0) is 31.4 Å². The zero-order chi connectivity index (χ0) is 15.6. The van der Waals surface area contributed by atoms with Crippen molar-refractivity contribution in [3.05, 3.63) is 23.4 Å². The van der Waals surface area contributed by atoms with E-state index in [1.54, 1.807) is 7.11 Å². The van der Waals surface area contributed by atoms with Crippen LogP contribution in [0.1, 0.15) is 30.5 Å².